The van der Waals surface area contributed by atoms with Gasteiger partial charge in [-0.1, -0.05) is 0 Å². The molecule has 0 saturated carbocycles. The van der Waals surface area contributed by atoms with Crippen molar-refractivity contribution >= 4 is 28.4 Å². The van der Waals surface area contributed by atoms with Crippen LogP contribution in [0.15, 0.2) is 0 Å². The second-order valence-corrected chi connectivity index (χ2v) is 0.710. The molecule has 0 aliphatic rings. The molecule has 0 aliphatic carbocycles. The van der Waals surface area contributed by atoms with Crippen molar-refractivity contribution in [2.24, 2.45) is 0 Å². The Kier molecular flexibility index (Phi) is 28.1. The van der Waals surface area contributed by atoms with E-state index in [0.29, 0.717) is 0 Å². The molecule has 8 heteroatoms. The van der Waals surface area contributed by atoms with Gasteiger partial charge in [0.1, 0.15) is 0 Å². The fourth-order valence-corrected chi connectivity index (χ4v) is 0.0504. The van der Waals surface area contributed by atoms with Crippen LogP contribution in [0.2, 0.25) is 0 Å². The Morgan fingerprint density at radius 1 is 1.30 bits per heavy atom. The van der Waals surface area contributed by atoms with E-state index >= 15 is 0 Å². The average Bonchev–Trinajstić information content (AvgIpc) is 1.65. The summed E-state index contributed by atoms with van der Waals surface area (Å²) in [6.07, 6.45) is 0. The summed E-state index contributed by atoms with van der Waals surface area (Å²) >= 11 is 0. The molecule has 0 aromatic heterocycles. The molecule has 10 heavy (non-hydrogen) atoms. The van der Waals surface area contributed by atoms with Crippen LogP contribution in [0.1, 0.15) is 0 Å². The summed E-state index contributed by atoms with van der Waals surface area (Å²) in [4.78, 5) is 18.9. The molecule has 0 heterocycles. The summed E-state index contributed by atoms with van der Waals surface area (Å²) in [5.41, 5.74) is 0. The number of carbonyl (C=O) groups is 2. The minimum Gasteiger partial charge on any atom is -0.535 e. The molecule has 47 valence electrons. The van der Waals surface area contributed by atoms with Gasteiger partial charge in [-0.25, -0.2) is 9.59 Å². The smallest absolute Gasteiger partial charge is 0.413 e. The fraction of sp³-hybridized carbons (Fsp3) is 0. The Morgan fingerprint density at radius 2 is 1.60 bits per heavy atom. The van der Waals surface area contributed by atoms with E-state index in [4.69, 9.17) is 5.11 Å². The number of aliphatic carboxylic acids is 1. The van der Waals surface area contributed by atoms with Gasteiger partial charge in [0.05, 0.1) is 0 Å². The van der Waals surface area contributed by atoms with E-state index in [1.54, 1.807) is 0 Å². The summed E-state index contributed by atoms with van der Waals surface area (Å²) in [6, 6.07) is 0. The van der Waals surface area contributed by atoms with Crippen molar-refractivity contribution in [2.75, 3.05) is 0 Å². The van der Waals surface area contributed by atoms with Gasteiger partial charge < -0.3 is 9.76 Å². The monoisotopic (exact) mass is 291 g/mol. The Labute approximate surface area is 99.3 Å². The van der Waals surface area contributed by atoms with Crippen LogP contribution in [0.5, 0.6) is 0 Å². The van der Waals surface area contributed by atoms with E-state index in [-0.39, 0.29) is 60.8 Å². The molecule has 1 N–H and O–H groups in total. The van der Waals surface area contributed by atoms with Crippen LogP contribution in [0, 0.1) is 0 Å². The Bertz CT molecular complexity index is 107. The van der Waals surface area contributed by atoms with Gasteiger partial charge in [0.15, 0.2) is 0 Å². The maximum Gasteiger partial charge on any atom is 0.413 e. The molecule has 0 fully saturated rings. The summed E-state index contributed by atoms with van der Waals surface area (Å²) < 4.78 is 3.27. The molecule has 0 aromatic rings. The summed E-state index contributed by atoms with van der Waals surface area (Å²) in [5, 5.41) is 7.63. The molecule has 0 amide bonds. The van der Waals surface area contributed by atoms with Gasteiger partial charge in [0, 0.05) is 60.8 Å². The quantitative estimate of drug-likeness (QED) is 0.428. The Hall–Kier alpha value is 0.836. The zero-order chi connectivity index (χ0) is 5.86. The van der Waals surface area contributed by atoms with Gasteiger partial charge in [-0.05, 0) is 0 Å². The van der Waals surface area contributed by atoms with E-state index in [2.05, 4.69) is 12.7 Å². The molecular formula is C2HB2O4Zr2. The third kappa shape index (κ3) is 11.6. The van der Waals surface area contributed by atoms with Crippen molar-refractivity contribution in [1.82, 2.24) is 0 Å². The number of hydrogen-bond donors (Lipinski definition) is 1. The third-order valence-electron chi connectivity index (χ3n) is 0.282. The van der Waals surface area contributed by atoms with Crippen molar-refractivity contribution in [3.05, 3.63) is 0 Å². The van der Waals surface area contributed by atoms with Crippen molar-refractivity contribution in [3.8, 4) is 0 Å². The first-order valence-electron chi connectivity index (χ1n) is 1.32. The number of rotatable bonds is 0. The number of carboxylic acid groups (broad SMARTS) is 1. The van der Waals surface area contributed by atoms with E-state index < -0.39 is 11.9 Å². The summed E-state index contributed by atoms with van der Waals surface area (Å²) in [5.74, 6) is -3.15. The maximum absolute atomic E-state index is 9.56. The number of hydrogen-bond acceptors (Lipinski definition) is 3. The molecule has 0 bridgehead atoms. The second kappa shape index (κ2) is 12.5. The molecular weight excluding hydrogens is 292 g/mol. The number of carboxylic acids is 1. The minimum atomic E-state index is -1.69. The molecule has 0 spiro atoms. The Balaban J connectivity index is -0.0000000600. The predicted molar refractivity (Wildman–Crippen MR) is 25.2 cm³/mol. The average molecular weight is 293 g/mol. The molecule has 0 saturated heterocycles. The standard InChI is InChI=1S/C2HBO4.B.2Zr/c3-7-2(6)1(4)5;;;/h(H,4,5);;;. The summed E-state index contributed by atoms with van der Waals surface area (Å²) in [6.45, 7) is 0. The van der Waals surface area contributed by atoms with Crippen LogP contribution < -0.4 is 0 Å². The molecule has 4 nitrogen and oxygen atoms in total. The first-order chi connectivity index (χ1) is 3.18. The van der Waals surface area contributed by atoms with Gasteiger partial charge in [-0.3, -0.25) is 0 Å². The third-order valence-corrected chi connectivity index (χ3v) is 0.282. The van der Waals surface area contributed by atoms with E-state index in [1.807, 2.05) is 0 Å². The molecule has 0 rings (SSSR count). The molecule has 5 radical (unpaired) electrons. The van der Waals surface area contributed by atoms with Crippen molar-refractivity contribution < 1.29 is 71.8 Å². The molecule has 0 aromatic carbocycles. The van der Waals surface area contributed by atoms with Crippen LogP contribution in [-0.2, 0) is 66.7 Å². The largest absolute Gasteiger partial charge is 0.535 e. The van der Waals surface area contributed by atoms with Crippen molar-refractivity contribution in [1.29, 1.82) is 0 Å². The van der Waals surface area contributed by atoms with Crippen LogP contribution in [0.3, 0.4) is 0 Å². The van der Waals surface area contributed by atoms with Gasteiger partial charge in [-0.15, -0.1) is 0 Å². The number of carbonyl (C=O) groups excluding carboxylic acids is 1. The van der Waals surface area contributed by atoms with Gasteiger partial charge >= 0.3 is 20.0 Å². The van der Waals surface area contributed by atoms with E-state index in [1.165, 1.54) is 0 Å². The normalized spacial score (nSPS) is 5.20. The fourth-order valence-electron chi connectivity index (χ4n) is 0.0504. The van der Waals surface area contributed by atoms with Crippen LogP contribution in [0.4, 0.5) is 0 Å². The molecule has 0 unspecified atom stereocenters. The van der Waals surface area contributed by atoms with Gasteiger partial charge in [-0.2, -0.15) is 0 Å². The Morgan fingerprint density at radius 3 is 1.60 bits per heavy atom. The summed E-state index contributed by atoms with van der Waals surface area (Å²) in [7, 11) is 4.14. The molecule has 0 aliphatic heterocycles. The van der Waals surface area contributed by atoms with Gasteiger partial charge in [0.25, 0.3) is 0 Å². The van der Waals surface area contributed by atoms with Gasteiger partial charge in [0.2, 0.25) is 0 Å². The first kappa shape index (κ1) is 22.4. The molecule has 0 atom stereocenters. The van der Waals surface area contributed by atoms with E-state index in [0.717, 1.165) is 0 Å². The van der Waals surface area contributed by atoms with Crippen LogP contribution in [-0.4, -0.2) is 33.5 Å². The zero-order valence-corrected chi connectivity index (χ0v) is 9.74. The SMILES string of the molecule is [B].[B]OC(=O)C(=O)O.[Zr].[Zr]. The van der Waals surface area contributed by atoms with E-state index in [9.17, 15) is 9.59 Å². The van der Waals surface area contributed by atoms with Crippen molar-refractivity contribution in [2.45, 2.75) is 0 Å². The van der Waals surface area contributed by atoms with Crippen LogP contribution in [0.25, 0.3) is 0 Å². The maximum atomic E-state index is 9.56. The van der Waals surface area contributed by atoms with Crippen molar-refractivity contribution in [3.63, 3.8) is 0 Å². The minimum absolute atomic E-state index is 0. The first-order valence-corrected chi connectivity index (χ1v) is 1.32. The topological polar surface area (TPSA) is 63.6 Å². The second-order valence-electron chi connectivity index (χ2n) is 0.710. The van der Waals surface area contributed by atoms with Crippen LogP contribution >= 0.6 is 0 Å². The predicted octanol–water partition coefficient (Wildman–Crippen LogP) is -1.69. The zero-order valence-electron chi connectivity index (χ0n) is 4.83.